The molecule has 0 spiro atoms. The lowest BCUT2D eigenvalue weighted by molar-refractivity contribution is -0.114. The molecule has 0 radical (unpaired) electrons. The topological polar surface area (TPSA) is 79.5 Å². The molecule has 0 aromatic heterocycles. The summed E-state index contributed by atoms with van der Waals surface area (Å²) in [5.74, 6) is 1.10. The van der Waals surface area contributed by atoms with Gasteiger partial charge in [0.25, 0.3) is 5.91 Å². The Morgan fingerprint density at radius 2 is 1.73 bits per heavy atom. The monoisotopic (exact) mass is 411 g/mol. The predicted molar refractivity (Wildman–Crippen MR) is 122 cm³/mol. The van der Waals surface area contributed by atoms with Crippen molar-refractivity contribution in [2.45, 2.75) is 46.6 Å². The highest BCUT2D eigenvalue weighted by molar-refractivity contribution is 5.98. The molecule has 162 valence electrons. The number of carbonyl (C=O) groups is 2. The third-order valence-electron chi connectivity index (χ3n) is 4.67. The van der Waals surface area contributed by atoms with Crippen LogP contribution in [0.2, 0.25) is 0 Å². The summed E-state index contributed by atoms with van der Waals surface area (Å²) < 4.78 is 5.70. The SMILES string of the molecule is CCC(C)NC(=O)c1cccc(NC(=O)CNc2ccc(OCCC(C)C)cc2)c1. The van der Waals surface area contributed by atoms with E-state index in [1.54, 1.807) is 24.3 Å². The zero-order valence-corrected chi connectivity index (χ0v) is 18.3. The van der Waals surface area contributed by atoms with Crippen LogP contribution in [0.15, 0.2) is 48.5 Å². The molecule has 0 heterocycles. The Morgan fingerprint density at radius 3 is 2.40 bits per heavy atom. The van der Waals surface area contributed by atoms with Crippen LogP contribution in [0, 0.1) is 5.92 Å². The molecule has 0 aliphatic heterocycles. The Balaban J connectivity index is 1.82. The molecule has 2 aromatic rings. The summed E-state index contributed by atoms with van der Waals surface area (Å²) in [6.45, 7) is 9.12. The van der Waals surface area contributed by atoms with Gasteiger partial charge in [0, 0.05) is 23.0 Å². The maximum absolute atomic E-state index is 12.3. The first-order valence-corrected chi connectivity index (χ1v) is 10.5. The lowest BCUT2D eigenvalue weighted by Crippen LogP contribution is -2.32. The third-order valence-corrected chi connectivity index (χ3v) is 4.67. The molecule has 3 N–H and O–H groups in total. The molecule has 2 amide bonds. The first-order valence-electron chi connectivity index (χ1n) is 10.5. The number of hydrogen-bond donors (Lipinski definition) is 3. The van der Waals surface area contributed by atoms with Crippen LogP contribution in [-0.2, 0) is 4.79 Å². The van der Waals surface area contributed by atoms with Gasteiger partial charge in [-0.2, -0.15) is 0 Å². The first kappa shape index (κ1) is 23.3. The summed E-state index contributed by atoms with van der Waals surface area (Å²) in [6, 6.07) is 14.6. The Hall–Kier alpha value is -3.02. The van der Waals surface area contributed by atoms with Gasteiger partial charge in [-0.15, -0.1) is 0 Å². The number of nitrogens with one attached hydrogen (secondary N) is 3. The van der Waals surface area contributed by atoms with Crippen LogP contribution >= 0.6 is 0 Å². The van der Waals surface area contributed by atoms with Crippen molar-refractivity contribution in [1.29, 1.82) is 0 Å². The molecule has 6 heteroatoms. The van der Waals surface area contributed by atoms with E-state index in [9.17, 15) is 9.59 Å². The minimum absolute atomic E-state index is 0.104. The van der Waals surface area contributed by atoms with Gasteiger partial charge in [0.05, 0.1) is 13.2 Å². The van der Waals surface area contributed by atoms with Gasteiger partial charge in [-0.3, -0.25) is 9.59 Å². The van der Waals surface area contributed by atoms with Crippen molar-refractivity contribution in [3.63, 3.8) is 0 Å². The first-order chi connectivity index (χ1) is 14.4. The van der Waals surface area contributed by atoms with Crippen molar-refractivity contribution < 1.29 is 14.3 Å². The summed E-state index contributed by atoms with van der Waals surface area (Å²) in [4.78, 5) is 24.5. The second kappa shape index (κ2) is 11.9. The molecule has 2 aromatic carbocycles. The van der Waals surface area contributed by atoms with Gasteiger partial charge in [-0.1, -0.05) is 26.8 Å². The standard InChI is InChI=1S/C24H33N3O3/c1-5-18(4)26-24(29)19-7-6-8-21(15-19)27-23(28)16-25-20-9-11-22(12-10-20)30-14-13-17(2)3/h6-12,15,17-18,25H,5,13-14,16H2,1-4H3,(H,26,29)(H,27,28). The van der Waals surface area contributed by atoms with E-state index in [2.05, 4.69) is 29.8 Å². The van der Waals surface area contributed by atoms with Crippen molar-refractivity contribution in [2.75, 3.05) is 23.8 Å². The molecule has 0 bridgehead atoms. The molecule has 2 rings (SSSR count). The number of hydrogen-bond acceptors (Lipinski definition) is 4. The summed E-state index contributed by atoms with van der Waals surface area (Å²) in [6.07, 6.45) is 1.87. The molecule has 0 fully saturated rings. The lowest BCUT2D eigenvalue weighted by Gasteiger charge is -2.13. The second-order valence-corrected chi connectivity index (χ2v) is 7.82. The fourth-order valence-electron chi connectivity index (χ4n) is 2.62. The van der Waals surface area contributed by atoms with Gasteiger partial charge in [-0.05, 0) is 68.1 Å². The molecule has 0 aliphatic rings. The van der Waals surface area contributed by atoms with E-state index < -0.39 is 0 Å². The van der Waals surface area contributed by atoms with Crippen molar-refractivity contribution in [3.8, 4) is 5.75 Å². The van der Waals surface area contributed by atoms with E-state index in [0.717, 1.165) is 24.3 Å². The maximum atomic E-state index is 12.3. The van der Waals surface area contributed by atoms with Crippen molar-refractivity contribution >= 4 is 23.2 Å². The number of anilines is 2. The zero-order valence-electron chi connectivity index (χ0n) is 18.3. The second-order valence-electron chi connectivity index (χ2n) is 7.82. The fourth-order valence-corrected chi connectivity index (χ4v) is 2.62. The molecular formula is C24H33N3O3. The van der Waals surface area contributed by atoms with Gasteiger partial charge in [0.1, 0.15) is 5.75 Å². The van der Waals surface area contributed by atoms with Crippen molar-refractivity contribution in [3.05, 3.63) is 54.1 Å². The number of carbonyl (C=O) groups excluding carboxylic acids is 2. The number of rotatable bonds is 11. The molecule has 6 nitrogen and oxygen atoms in total. The molecule has 0 saturated heterocycles. The van der Waals surface area contributed by atoms with Gasteiger partial charge >= 0.3 is 0 Å². The Kier molecular flexibility index (Phi) is 9.19. The highest BCUT2D eigenvalue weighted by Gasteiger charge is 2.10. The van der Waals surface area contributed by atoms with Crippen LogP contribution < -0.4 is 20.7 Å². The number of ether oxygens (including phenoxy) is 1. The average Bonchev–Trinajstić information content (AvgIpc) is 2.73. The Labute approximate surface area is 179 Å². The molecular weight excluding hydrogens is 378 g/mol. The molecule has 1 atom stereocenters. The maximum Gasteiger partial charge on any atom is 0.251 e. The predicted octanol–water partition coefficient (Wildman–Crippen LogP) is 4.69. The third kappa shape index (κ3) is 8.15. The highest BCUT2D eigenvalue weighted by atomic mass is 16.5. The zero-order chi connectivity index (χ0) is 21.9. The van der Waals surface area contributed by atoms with Gasteiger partial charge in [0.2, 0.25) is 5.91 Å². The minimum atomic E-state index is -0.188. The Morgan fingerprint density at radius 1 is 1.00 bits per heavy atom. The summed E-state index contributed by atoms with van der Waals surface area (Å²) in [5.41, 5.74) is 1.95. The van der Waals surface area contributed by atoms with Gasteiger partial charge in [0.15, 0.2) is 0 Å². The van der Waals surface area contributed by atoms with E-state index in [0.29, 0.717) is 23.8 Å². The van der Waals surface area contributed by atoms with E-state index in [-0.39, 0.29) is 24.4 Å². The van der Waals surface area contributed by atoms with Crippen molar-refractivity contribution in [1.82, 2.24) is 5.32 Å². The van der Waals surface area contributed by atoms with Crippen LogP contribution in [0.4, 0.5) is 11.4 Å². The van der Waals surface area contributed by atoms with Crippen LogP contribution in [0.25, 0.3) is 0 Å². The lowest BCUT2D eigenvalue weighted by atomic mass is 10.1. The van der Waals surface area contributed by atoms with Crippen molar-refractivity contribution in [2.24, 2.45) is 5.92 Å². The van der Waals surface area contributed by atoms with Crippen LogP contribution in [-0.4, -0.2) is 31.0 Å². The largest absolute Gasteiger partial charge is 0.494 e. The molecule has 30 heavy (non-hydrogen) atoms. The van der Waals surface area contributed by atoms with E-state index in [4.69, 9.17) is 4.74 Å². The van der Waals surface area contributed by atoms with Gasteiger partial charge in [-0.25, -0.2) is 0 Å². The summed E-state index contributed by atoms with van der Waals surface area (Å²) in [5, 5.41) is 8.83. The number of benzene rings is 2. The van der Waals surface area contributed by atoms with Crippen LogP contribution in [0.3, 0.4) is 0 Å². The van der Waals surface area contributed by atoms with Crippen LogP contribution in [0.1, 0.15) is 50.9 Å². The summed E-state index contributed by atoms with van der Waals surface area (Å²) in [7, 11) is 0. The fraction of sp³-hybridized carbons (Fsp3) is 0.417. The molecule has 0 aliphatic carbocycles. The van der Waals surface area contributed by atoms with E-state index in [1.165, 1.54) is 0 Å². The normalized spacial score (nSPS) is 11.6. The molecule has 0 saturated carbocycles. The smallest absolute Gasteiger partial charge is 0.251 e. The quantitative estimate of drug-likeness (QED) is 0.501. The number of amides is 2. The Bertz CT molecular complexity index is 819. The highest BCUT2D eigenvalue weighted by Crippen LogP contribution is 2.16. The van der Waals surface area contributed by atoms with E-state index in [1.807, 2.05) is 38.1 Å². The van der Waals surface area contributed by atoms with E-state index >= 15 is 0 Å². The summed E-state index contributed by atoms with van der Waals surface area (Å²) >= 11 is 0. The average molecular weight is 412 g/mol. The van der Waals surface area contributed by atoms with Gasteiger partial charge < -0.3 is 20.7 Å². The van der Waals surface area contributed by atoms with Crippen LogP contribution in [0.5, 0.6) is 5.75 Å². The molecule has 1 unspecified atom stereocenters. The minimum Gasteiger partial charge on any atom is -0.494 e.